The van der Waals surface area contributed by atoms with Gasteiger partial charge in [-0.2, -0.15) is 0 Å². The highest BCUT2D eigenvalue weighted by Gasteiger charge is 2.17. The SMILES string of the molecule is CCNC(Cc1ccc(F)cc1Cl)c1cc(F)ccc1Br. The number of halogens is 4. The standard InChI is InChI=1S/C16H15BrClF2N/c1-2-21-16(13-8-11(19)5-6-14(13)17)7-10-3-4-12(20)9-15(10)18/h3-6,8-9,16,21H,2,7H2,1H3. The van der Waals surface area contributed by atoms with Crippen molar-refractivity contribution in [2.24, 2.45) is 0 Å². The summed E-state index contributed by atoms with van der Waals surface area (Å²) in [5, 5.41) is 3.69. The number of hydrogen-bond donors (Lipinski definition) is 1. The van der Waals surface area contributed by atoms with E-state index in [0.717, 1.165) is 22.1 Å². The molecule has 1 nitrogen and oxygen atoms in total. The molecule has 1 atom stereocenters. The molecule has 0 aromatic heterocycles. The van der Waals surface area contributed by atoms with Gasteiger partial charge in [-0.1, -0.05) is 40.5 Å². The Balaban J connectivity index is 2.32. The molecule has 5 heteroatoms. The van der Waals surface area contributed by atoms with Crippen molar-refractivity contribution < 1.29 is 8.78 Å². The van der Waals surface area contributed by atoms with E-state index in [1.165, 1.54) is 24.3 Å². The topological polar surface area (TPSA) is 12.0 Å². The zero-order chi connectivity index (χ0) is 15.4. The summed E-state index contributed by atoms with van der Waals surface area (Å²) in [7, 11) is 0. The normalized spacial score (nSPS) is 12.4. The summed E-state index contributed by atoms with van der Waals surface area (Å²) in [6, 6.07) is 8.81. The molecule has 0 aliphatic carbocycles. The van der Waals surface area contributed by atoms with Gasteiger partial charge in [-0.05, 0) is 54.4 Å². The molecule has 1 unspecified atom stereocenters. The van der Waals surface area contributed by atoms with Crippen molar-refractivity contribution in [3.63, 3.8) is 0 Å². The second kappa shape index (κ2) is 7.34. The van der Waals surface area contributed by atoms with Gasteiger partial charge < -0.3 is 5.32 Å². The maximum Gasteiger partial charge on any atom is 0.124 e. The van der Waals surface area contributed by atoms with Crippen LogP contribution < -0.4 is 5.32 Å². The fourth-order valence-corrected chi connectivity index (χ4v) is 2.99. The number of benzene rings is 2. The van der Waals surface area contributed by atoms with Gasteiger partial charge >= 0.3 is 0 Å². The fourth-order valence-electron chi connectivity index (χ4n) is 2.23. The second-order valence-corrected chi connectivity index (χ2v) is 5.98. The first-order chi connectivity index (χ1) is 10.0. The minimum absolute atomic E-state index is 0.108. The third kappa shape index (κ3) is 4.25. The summed E-state index contributed by atoms with van der Waals surface area (Å²) in [6.45, 7) is 2.71. The summed E-state index contributed by atoms with van der Waals surface area (Å²) >= 11 is 9.52. The number of rotatable bonds is 5. The van der Waals surface area contributed by atoms with Gasteiger partial charge in [0.05, 0.1) is 0 Å². The number of likely N-dealkylation sites (N-methyl/N-ethyl adjacent to an activating group) is 1. The van der Waals surface area contributed by atoms with Gasteiger partial charge in [0.2, 0.25) is 0 Å². The highest BCUT2D eigenvalue weighted by Crippen LogP contribution is 2.29. The van der Waals surface area contributed by atoms with Crippen LogP contribution in [0.25, 0.3) is 0 Å². The lowest BCUT2D eigenvalue weighted by Crippen LogP contribution is -2.23. The number of nitrogens with one attached hydrogen (secondary N) is 1. The van der Waals surface area contributed by atoms with Gasteiger partial charge in [0.25, 0.3) is 0 Å². The molecule has 21 heavy (non-hydrogen) atoms. The average molecular weight is 375 g/mol. The molecule has 112 valence electrons. The lowest BCUT2D eigenvalue weighted by molar-refractivity contribution is 0.540. The van der Waals surface area contributed by atoms with E-state index in [2.05, 4.69) is 21.2 Å². The van der Waals surface area contributed by atoms with Crippen LogP contribution in [0, 0.1) is 11.6 Å². The zero-order valence-electron chi connectivity index (χ0n) is 11.5. The van der Waals surface area contributed by atoms with Crippen molar-refractivity contribution in [1.29, 1.82) is 0 Å². The third-order valence-corrected chi connectivity index (χ3v) is 4.30. The van der Waals surface area contributed by atoms with Crippen molar-refractivity contribution in [2.75, 3.05) is 6.54 Å². The van der Waals surface area contributed by atoms with Crippen LogP contribution >= 0.6 is 27.5 Å². The van der Waals surface area contributed by atoms with E-state index in [4.69, 9.17) is 11.6 Å². The van der Waals surface area contributed by atoms with E-state index in [9.17, 15) is 8.78 Å². The molecule has 0 radical (unpaired) electrons. The van der Waals surface area contributed by atoms with E-state index in [1.807, 2.05) is 6.92 Å². The summed E-state index contributed by atoms with van der Waals surface area (Å²) in [5.74, 6) is -0.656. The van der Waals surface area contributed by atoms with E-state index < -0.39 is 0 Å². The molecule has 0 amide bonds. The summed E-state index contributed by atoms with van der Waals surface area (Å²) in [5.41, 5.74) is 1.64. The molecule has 2 rings (SSSR count). The number of hydrogen-bond acceptors (Lipinski definition) is 1. The first-order valence-electron chi connectivity index (χ1n) is 6.63. The third-order valence-electron chi connectivity index (χ3n) is 3.22. The molecule has 0 heterocycles. The van der Waals surface area contributed by atoms with Crippen LogP contribution in [0.15, 0.2) is 40.9 Å². The van der Waals surface area contributed by atoms with Crippen molar-refractivity contribution in [1.82, 2.24) is 5.32 Å². The summed E-state index contributed by atoms with van der Waals surface area (Å²) in [6.07, 6.45) is 0.551. The average Bonchev–Trinajstić information content (AvgIpc) is 2.44. The monoisotopic (exact) mass is 373 g/mol. The highest BCUT2D eigenvalue weighted by atomic mass is 79.9. The Morgan fingerprint density at radius 3 is 2.48 bits per heavy atom. The second-order valence-electron chi connectivity index (χ2n) is 4.72. The predicted octanol–water partition coefficient (Wildman–Crippen LogP) is 5.27. The van der Waals surface area contributed by atoms with E-state index in [0.29, 0.717) is 11.4 Å². The molecular formula is C16H15BrClF2N. The molecule has 2 aromatic rings. The Bertz CT molecular complexity index is 634. The Labute approximate surface area is 136 Å². The first kappa shape index (κ1) is 16.4. The summed E-state index contributed by atoms with van der Waals surface area (Å²) in [4.78, 5) is 0. The van der Waals surface area contributed by atoms with Gasteiger partial charge in [0.1, 0.15) is 11.6 Å². The Kier molecular flexibility index (Phi) is 5.73. The largest absolute Gasteiger partial charge is 0.310 e. The lowest BCUT2D eigenvalue weighted by atomic mass is 9.98. The predicted molar refractivity (Wildman–Crippen MR) is 85.6 cm³/mol. The minimum Gasteiger partial charge on any atom is -0.310 e. The van der Waals surface area contributed by atoms with Gasteiger partial charge in [-0.25, -0.2) is 8.78 Å². The maximum atomic E-state index is 13.5. The van der Waals surface area contributed by atoms with Gasteiger partial charge in [0, 0.05) is 15.5 Å². The van der Waals surface area contributed by atoms with E-state index in [-0.39, 0.29) is 17.7 Å². The molecule has 2 aromatic carbocycles. The van der Waals surface area contributed by atoms with Crippen LogP contribution in [-0.4, -0.2) is 6.54 Å². The maximum absolute atomic E-state index is 13.5. The van der Waals surface area contributed by atoms with Crippen molar-refractivity contribution in [3.8, 4) is 0 Å². The van der Waals surface area contributed by atoms with Crippen LogP contribution in [-0.2, 0) is 6.42 Å². The quantitative estimate of drug-likeness (QED) is 0.751. The minimum atomic E-state index is -0.365. The van der Waals surface area contributed by atoms with E-state index in [1.54, 1.807) is 12.1 Å². The van der Waals surface area contributed by atoms with Gasteiger partial charge in [-0.15, -0.1) is 0 Å². The zero-order valence-corrected chi connectivity index (χ0v) is 13.8. The van der Waals surface area contributed by atoms with Crippen LogP contribution in [0.3, 0.4) is 0 Å². The summed E-state index contributed by atoms with van der Waals surface area (Å²) < 4.78 is 27.4. The highest BCUT2D eigenvalue weighted by molar-refractivity contribution is 9.10. The lowest BCUT2D eigenvalue weighted by Gasteiger charge is -2.20. The molecule has 0 bridgehead atoms. The van der Waals surface area contributed by atoms with E-state index >= 15 is 0 Å². The Hall–Kier alpha value is -0.970. The Morgan fingerprint density at radius 2 is 1.81 bits per heavy atom. The smallest absolute Gasteiger partial charge is 0.124 e. The molecule has 0 aliphatic rings. The molecule has 0 fully saturated rings. The molecule has 0 saturated heterocycles. The molecular weight excluding hydrogens is 360 g/mol. The molecule has 0 saturated carbocycles. The molecule has 0 spiro atoms. The van der Waals surface area contributed by atoms with Crippen LogP contribution in [0.5, 0.6) is 0 Å². The van der Waals surface area contributed by atoms with Crippen LogP contribution in [0.2, 0.25) is 5.02 Å². The first-order valence-corrected chi connectivity index (χ1v) is 7.80. The Morgan fingerprint density at radius 1 is 1.14 bits per heavy atom. The molecule has 1 N–H and O–H groups in total. The van der Waals surface area contributed by atoms with Crippen LogP contribution in [0.1, 0.15) is 24.1 Å². The van der Waals surface area contributed by atoms with Gasteiger partial charge in [0.15, 0.2) is 0 Å². The van der Waals surface area contributed by atoms with Crippen molar-refractivity contribution in [3.05, 3.63) is 68.7 Å². The van der Waals surface area contributed by atoms with Crippen molar-refractivity contribution in [2.45, 2.75) is 19.4 Å². The van der Waals surface area contributed by atoms with Gasteiger partial charge in [-0.3, -0.25) is 0 Å². The van der Waals surface area contributed by atoms with Crippen LogP contribution in [0.4, 0.5) is 8.78 Å². The molecule has 0 aliphatic heterocycles. The van der Waals surface area contributed by atoms with Crippen molar-refractivity contribution >= 4 is 27.5 Å². The fraction of sp³-hybridized carbons (Fsp3) is 0.250.